The van der Waals surface area contributed by atoms with Crippen molar-refractivity contribution in [2.75, 3.05) is 14.1 Å². The maximum Gasteiger partial charge on any atom is 0.158 e. The minimum absolute atomic E-state index is 0.00129. The number of aliphatic imine (C=N–C) groups is 1. The molecule has 22 heavy (non-hydrogen) atoms. The Morgan fingerprint density at radius 1 is 1.14 bits per heavy atom. The van der Waals surface area contributed by atoms with E-state index in [9.17, 15) is 10.5 Å². The van der Waals surface area contributed by atoms with Crippen molar-refractivity contribution in [3.8, 4) is 17.8 Å². The minimum Gasteiger partial charge on any atom is -0.369 e. The Bertz CT molecular complexity index is 847. The van der Waals surface area contributed by atoms with Crippen LogP contribution in [-0.2, 0) is 0 Å². The van der Waals surface area contributed by atoms with E-state index in [4.69, 9.17) is 5.41 Å². The minimum atomic E-state index is -0.00129. The first-order valence-corrected chi connectivity index (χ1v) is 6.49. The first-order chi connectivity index (χ1) is 10.6. The molecule has 1 aromatic carbocycles. The largest absolute Gasteiger partial charge is 0.369 e. The molecule has 0 fully saturated rings. The van der Waals surface area contributed by atoms with E-state index in [1.165, 1.54) is 10.6 Å². The fraction of sp³-hybridized carbons (Fsp3) is 0.125. The summed E-state index contributed by atoms with van der Waals surface area (Å²) in [6.07, 6.45) is 1.56. The zero-order valence-corrected chi connectivity index (χ0v) is 12.3. The molecule has 0 saturated heterocycles. The molecule has 6 nitrogen and oxygen atoms in total. The number of nitrogens with one attached hydrogen (secondary N) is 1. The number of aromatic nitrogens is 1. The van der Waals surface area contributed by atoms with Crippen LogP contribution < -0.4 is 5.49 Å². The molecule has 0 atom stereocenters. The number of pyridine rings is 1. The summed E-state index contributed by atoms with van der Waals surface area (Å²) in [5, 5.41) is 26.7. The number of hydrogen-bond acceptors (Lipinski definition) is 4. The van der Waals surface area contributed by atoms with Crippen LogP contribution in [0.4, 0.5) is 5.82 Å². The second-order valence-corrected chi connectivity index (χ2v) is 4.75. The molecule has 1 N–H and O–H groups in total. The maximum atomic E-state index is 9.34. The summed E-state index contributed by atoms with van der Waals surface area (Å²) < 4.78 is 1.50. The lowest BCUT2D eigenvalue weighted by atomic mass is 10.2. The van der Waals surface area contributed by atoms with Crippen molar-refractivity contribution in [1.29, 1.82) is 15.9 Å². The first kappa shape index (κ1) is 15.0. The van der Waals surface area contributed by atoms with E-state index < -0.39 is 0 Å². The Balaban J connectivity index is 2.87. The molecule has 2 aromatic rings. The Hall–Kier alpha value is -3.38. The molecule has 0 saturated carbocycles. The zero-order valence-electron chi connectivity index (χ0n) is 12.3. The van der Waals surface area contributed by atoms with Crippen molar-refractivity contribution < 1.29 is 0 Å². The van der Waals surface area contributed by atoms with Gasteiger partial charge in [0.2, 0.25) is 0 Å². The van der Waals surface area contributed by atoms with Crippen molar-refractivity contribution in [2.24, 2.45) is 4.99 Å². The SMILES string of the molecule is CN(C)/C=N/c1c(C#N)cc(C#N)c(=N)n1-c1ccccc1. The Morgan fingerprint density at radius 3 is 2.32 bits per heavy atom. The topological polar surface area (TPSA) is 92.0 Å². The summed E-state index contributed by atoms with van der Waals surface area (Å²) >= 11 is 0. The molecule has 2 rings (SSSR count). The second kappa shape index (κ2) is 6.38. The maximum absolute atomic E-state index is 9.34. The lowest BCUT2D eigenvalue weighted by Gasteiger charge is -2.14. The number of nitrogens with zero attached hydrogens (tertiary/aromatic N) is 5. The summed E-state index contributed by atoms with van der Waals surface area (Å²) in [6.45, 7) is 0. The van der Waals surface area contributed by atoms with Gasteiger partial charge in [-0.2, -0.15) is 10.5 Å². The van der Waals surface area contributed by atoms with Crippen molar-refractivity contribution in [1.82, 2.24) is 9.47 Å². The third-order valence-corrected chi connectivity index (χ3v) is 2.89. The van der Waals surface area contributed by atoms with Crippen LogP contribution >= 0.6 is 0 Å². The van der Waals surface area contributed by atoms with Gasteiger partial charge in [0, 0.05) is 19.8 Å². The van der Waals surface area contributed by atoms with Gasteiger partial charge >= 0.3 is 0 Å². The molecule has 0 spiro atoms. The fourth-order valence-electron chi connectivity index (χ4n) is 1.92. The number of rotatable bonds is 3. The molecule has 1 heterocycles. The molecule has 0 aliphatic heterocycles. The van der Waals surface area contributed by atoms with Gasteiger partial charge in [0.1, 0.15) is 17.6 Å². The van der Waals surface area contributed by atoms with Gasteiger partial charge in [0.05, 0.1) is 17.5 Å². The van der Waals surface area contributed by atoms with Crippen LogP contribution in [0.3, 0.4) is 0 Å². The van der Waals surface area contributed by atoms with Crippen molar-refractivity contribution in [3.05, 3.63) is 53.0 Å². The Labute approximate surface area is 128 Å². The van der Waals surface area contributed by atoms with Crippen LogP contribution in [0.1, 0.15) is 11.1 Å². The molecular formula is C16H14N6. The van der Waals surface area contributed by atoms with Crippen LogP contribution in [0.5, 0.6) is 0 Å². The van der Waals surface area contributed by atoms with E-state index >= 15 is 0 Å². The molecule has 0 aliphatic rings. The van der Waals surface area contributed by atoms with Crippen molar-refractivity contribution >= 4 is 12.2 Å². The summed E-state index contributed by atoms with van der Waals surface area (Å²) in [5.41, 5.74) is 1.05. The van der Waals surface area contributed by atoms with Gasteiger partial charge in [-0.1, -0.05) is 18.2 Å². The van der Waals surface area contributed by atoms with Crippen LogP contribution in [0.15, 0.2) is 41.4 Å². The lowest BCUT2D eigenvalue weighted by molar-refractivity contribution is 0.642. The van der Waals surface area contributed by atoms with Gasteiger partial charge in [-0.3, -0.25) is 9.98 Å². The van der Waals surface area contributed by atoms with E-state index in [1.54, 1.807) is 23.4 Å². The highest BCUT2D eigenvalue weighted by atomic mass is 15.1. The van der Waals surface area contributed by atoms with Gasteiger partial charge in [-0.25, -0.2) is 4.99 Å². The average Bonchev–Trinajstić information content (AvgIpc) is 2.53. The molecule has 0 bridgehead atoms. The normalized spacial score (nSPS) is 10.2. The van der Waals surface area contributed by atoms with E-state index in [2.05, 4.69) is 4.99 Å². The van der Waals surface area contributed by atoms with Gasteiger partial charge in [0.15, 0.2) is 5.82 Å². The van der Waals surface area contributed by atoms with E-state index in [1.807, 2.05) is 44.4 Å². The van der Waals surface area contributed by atoms with Crippen LogP contribution in [0.2, 0.25) is 0 Å². The standard InChI is InChI=1S/C16H14N6/c1-21(2)11-20-16-13(10-18)8-12(9-17)15(19)22(16)14-6-4-3-5-7-14/h3-8,11,19H,1-2H3/b19-15?,20-11+. The molecule has 0 radical (unpaired) electrons. The van der Waals surface area contributed by atoms with Crippen molar-refractivity contribution in [3.63, 3.8) is 0 Å². The highest BCUT2D eigenvalue weighted by Gasteiger charge is 2.13. The van der Waals surface area contributed by atoms with Gasteiger partial charge < -0.3 is 4.90 Å². The average molecular weight is 290 g/mol. The molecule has 0 aliphatic carbocycles. The predicted octanol–water partition coefficient (Wildman–Crippen LogP) is 1.92. The van der Waals surface area contributed by atoms with E-state index in [0.29, 0.717) is 11.5 Å². The molecule has 108 valence electrons. The van der Waals surface area contributed by atoms with Gasteiger partial charge in [-0.05, 0) is 18.2 Å². The van der Waals surface area contributed by atoms with E-state index in [-0.39, 0.29) is 16.6 Å². The number of para-hydroxylation sites is 1. The summed E-state index contributed by atoms with van der Waals surface area (Å²) in [6, 6.07) is 14.5. The molecule has 0 amide bonds. The van der Waals surface area contributed by atoms with Gasteiger partial charge in [0.25, 0.3) is 0 Å². The van der Waals surface area contributed by atoms with Crippen LogP contribution in [0, 0.1) is 28.1 Å². The number of nitriles is 2. The first-order valence-electron chi connectivity index (χ1n) is 6.49. The van der Waals surface area contributed by atoms with Crippen LogP contribution in [-0.4, -0.2) is 29.9 Å². The zero-order chi connectivity index (χ0) is 16.1. The summed E-state index contributed by atoms with van der Waals surface area (Å²) in [4.78, 5) is 6.04. The van der Waals surface area contributed by atoms with Gasteiger partial charge in [-0.15, -0.1) is 0 Å². The quantitative estimate of drug-likeness (QED) is 0.691. The lowest BCUT2D eigenvalue weighted by Crippen LogP contribution is -2.22. The monoisotopic (exact) mass is 290 g/mol. The number of hydrogen-bond donors (Lipinski definition) is 1. The molecule has 0 unspecified atom stereocenters. The molecule has 6 heteroatoms. The Kier molecular flexibility index (Phi) is 4.36. The predicted molar refractivity (Wildman–Crippen MR) is 82.9 cm³/mol. The van der Waals surface area contributed by atoms with Crippen LogP contribution in [0.25, 0.3) is 5.69 Å². The second-order valence-electron chi connectivity index (χ2n) is 4.75. The third-order valence-electron chi connectivity index (χ3n) is 2.89. The smallest absolute Gasteiger partial charge is 0.158 e. The third kappa shape index (κ3) is 2.87. The summed E-state index contributed by atoms with van der Waals surface area (Å²) in [5.74, 6) is 0.325. The highest BCUT2D eigenvalue weighted by Crippen LogP contribution is 2.21. The number of benzene rings is 1. The Morgan fingerprint density at radius 2 is 1.77 bits per heavy atom. The van der Waals surface area contributed by atoms with E-state index in [0.717, 1.165) is 0 Å². The molecule has 1 aromatic heterocycles. The summed E-state index contributed by atoms with van der Waals surface area (Å²) in [7, 11) is 3.63. The fourth-order valence-corrected chi connectivity index (χ4v) is 1.92. The highest BCUT2D eigenvalue weighted by molar-refractivity contribution is 5.65. The van der Waals surface area contributed by atoms with Crippen molar-refractivity contribution in [2.45, 2.75) is 0 Å². The molecular weight excluding hydrogens is 276 g/mol.